The predicted molar refractivity (Wildman–Crippen MR) is 64.9 cm³/mol. The minimum Gasteiger partial charge on any atom is -0.350 e. The summed E-state index contributed by atoms with van der Waals surface area (Å²) < 4.78 is 0. The number of hydrogen-bond donors (Lipinski definition) is 1. The fraction of sp³-hybridized carbons (Fsp3) is 0.538. The van der Waals surface area contributed by atoms with Crippen LogP contribution in [0.2, 0.25) is 0 Å². The summed E-state index contributed by atoms with van der Waals surface area (Å²) in [5, 5.41) is 2.97. The second-order valence-electron chi connectivity index (χ2n) is 4.51. The molecule has 0 aliphatic carbocycles. The number of amides is 1. The van der Waals surface area contributed by atoms with Gasteiger partial charge in [0, 0.05) is 18.8 Å². The van der Waals surface area contributed by atoms with Gasteiger partial charge in [-0.05, 0) is 30.9 Å². The van der Waals surface area contributed by atoms with Crippen LogP contribution in [0.4, 0.5) is 0 Å². The Morgan fingerprint density at radius 3 is 2.75 bits per heavy atom. The molecule has 0 aromatic carbocycles. The summed E-state index contributed by atoms with van der Waals surface area (Å²) in [6, 6.07) is 3.89. The van der Waals surface area contributed by atoms with Crippen LogP contribution in [0, 0.1) is 5.92 Å². The molecule has 0 aliphatic heterocycles. The van der Waals surface area contributed by atoms with Gasteiger partial charge < -0.3 is 5.32 Å². The molecule has 3 heteroatoms. The van der Waals surface area contributed by atoms with Crippen molar-refractivity contribution in [3.05, 3.63) is 30.1 Å². The van der Waals surface area contributed by atoms with Crippen molar-refractivity contribution in [2.75, 3.05) is 0 Å². The molecule has 1 amide bonds. The van der Waals surface area contributed by atoms with Crippen molar-refractivity contribution in [3.63, 3.8) is 0 Å². The molecule has 1 aromatic rings. The summed E-state index contributed by atoms with van der Waals surface area (Å²) in [4.78, 5) is 15.6. The van der Waals surface area contributed by atoms with Crippen LogP contribution >= 0.6 is 0 Å². The second-order valence-corrected chi connectivity index (χ2v) is 4.51. The van der Waals surface area contributed by atoms with Crippen LogP contribution in [0.3, 0.4) is 0 Å². The van der Waals surface area contributed by atoms with E-state index in [1.165, 1.54) is 0 Å². The standard InChI is InChI=1S/C13H20N2O/c1-10(2)6-7-13(16)15-11(3)12-5-4-8-14-9-12/h4-5,8-11H,6-7H2,1-3H3,(H,15,16)/t11-/m0/s1. The maximum Gasteiger partial charge on any atom is 0.220 e. The van der Waals surface area contributed by atoms with E-state index in [4.69, 9.17) is 0 Å². The fourth-order valence-corrected chi connectivity index (χ4v) is 1.45. The predicted octanol–water partition coefficient (Wildman–Crippen LogP) is 2.70. The summed E-state index contributed by atoms with van der Waals surface area (Å²) in [6.07, 6.45) is 5.05. The molecular formula is C13H20N2O. The largest absolute Gasteiger partial charge is 0.350 e. The van der Waals surface area contributed by atoms with E-state index in [0.717, 1.165) is 12.0 Å². The molecule has 16 heavy (non-hydrogen) atoms. The lowest BCUT2D eigenvalue weighted by molar-refractivity contribution is -0.122. The summed E-state index contributed by atoms with van der Waals surface area (Å²) in [7, 11) is 0. The van der Waals surface area contributed by atoms with Crippen molar-refractivity contribution in [3.8, 4) is 0 Å². The summed E-state index contributed by atoms with van der Waals surface area (Å²) in [5.74, 6) is 0.685. The summed E-state index contributed by atoms with van der Waals surface area (Å²) >= 11 is 0. The van der Waals surface area contributed by atoms with Gasteiger partial charge >= 0.3 is 0 Å². The van der Waals surface area contributed by atoms with Gasteiger partial charge in [0.2, 0.25) is 5.91 Å². The van der Waals surface area contributed by atoms with Gasteiger partial charge in [0.05, 0.1) is 6.04 Å². The third-order valence-corrected chi connectivity index (χ3v) is 2.51. The molecule has 0 fully saturated rings. The topological polar surface area (TPSA) is 42.0 Å². The number of aromatic nitrogens is 1. The Kier molecular flexibility index (Phi) is 4.96. The van der Waals surface area contributed by atoms with Crippen molar-refractivity contribution in [2.24, 2.45) is 5.92 Å². The highest BCUT2D eigenvalue weighted by molar-refractivity contribution is 5.76. The Morgan fingerprint density at radius 2 is 2.19 bits per heavy atom. The molecule has 0 unspecified atom stereocenters. The van der Waals surface area contributed by atoms with Crippen LogP contribution in [0.25, 0.3) is 0 Å². The zero-order valence-electron chi connectivity index (χ0n) is 10.2. The molecule has 1 aromatic heterocycles. The van der Waals surface area contributed by atoms with E-state index < -0.39 is 0 Å². The zero-order chi connectivity index (χ0) is 12.0. The van der Waals surface area contributed by atoms with Crippen molar-refractivity contribution in [1.82, 2.24) is 10.3 Å². The number of nitrogens with one attached hydrogen (secondary N) is 1. The van der Waals surface area contributed by atoms with E-state index in [-0.39, 0.29) is 11.9 Å². The lowest BCUT2D eigenvalue weighted by Crippen LogP contribution is -2.26. The van der Waals surface area contributed by atoms with Crippen molar-refractivity contribution >= 4 is 5.91 Å². The quantitative estimate of drug-likeness (QED) is 0.829. The van der Waals surface area contributed by atoms with Gasteiger partial charge in [-0.25, -0.2) is 0 Å². The molecule has 3 nitrogen and oxygen atoms in total. The van der Waals surface area contributed by atoms with Crippen molar-refractivity contribution in [2.45, 2.75) is 39.7 Å². The smallest absolute Gasteiger partial charge is 0.220 e. The van der Waals surface area contributed by atoms with Crippen molar-refractivity contribution in [1.29, 1.82) is 0 Å². The molecule has 0 saturated carbocycles. The van der Waals surface area contributed by atoms with Crippen LogP contribution in [0.1, 0.15) is 45.2 Å². The molecule has 0 radical (unpaired) electrons. The normalized spacial score (nSPS) is 12.5. The SMILES string of the molecule is CC(C)CCC(=O)N[C@@H](C)c1cccnc1. The number of hydrogen-bond acceptors (Lipinski definition) is 2. The van der Waals surface area contributed by atoms with E-state index in [1.54, 1.807) is 12.4 Å². The zero-order valence-corrected chi connectivity index (χ0v) is 10.2. The monoisotopic (exact) mass is 220 g/mol. The van der Waals surface area contributed by atoms with Crippen LogP contribution < -0.4 is 5.32 Å². The Labute approximate surface area is 97.3 Å². The Balaban J connectivity index is 2.40. The molecule has 1 heterocycles. The molecule has 1 atom stereocenters. The summed E-state index contributed by atoms with van der Waals surface area (Å²) in [6.45, 7) is 6.22. The average molecular weight is 220 g/mol. The number of rotatable bonds is 5. The third-order valence-electron chi connectivity index (χ3n) is 2.51. The average Bonchev–Trinajstić information content (AvgIpc) is 2.27. The first-order valence-corrected chi connectivity index (χ1v) is 5.79. The third kappa shape index (κ3) is 4.43. The van der Waals surface area contributed by atoms with E-state index in [9.17, 15) is 4.79 Å². The molecule has 1 rings (SSSR count). The first-order valence-electron chi connectivity index (χ1n) is 5.79. The first-order chi connectivity index (χ1) is 7.59. The lowest BCUT2D eigenvalue weighted by Gasteiger charge is -2.14. The number of carbonyl (C=O) groups excluding carboxylic acids is 1. The minimum atomic E-state index is 0.0355. The van der Waals surface area contributed by atoms with Gasteiger partial charge in [0.25, 0.3) is 0 Å². The van der Waals surface area contributed by atoms with Crippen LogP contribution in [0.5, 0.6) is 0 Å². The van der Waals surface area contributed by atoms with E-state index in [2.05, 4.69) is 24.1 Å². The molecule has 88 valence electrons. The highest BCUT2D eigenvalue weighted by Crippen LogP contribution is 2.11. The maximum atomic E-state index is 11.6. The van der Waals surface area contributed by atoms with Crippen LogP contribution in [0.15, 0.2) is 24.5 Å². The Hall–Kier alpha value is -1.38. The second kappa shape index (κ2) is 6.26. The number of carbonyl (C=O) groups is 1. The summed E-state index contributed by atoms with van der Waals surface area (Å²) in [5.41, 5.74) is 1.04. The van der Waals surface area contributed by atoms with Gasteiger partial charge in [-0.1, -0.05) is 19.9 Å². The van der Waals surface area contributed by atoms with Gasteiger partial charge in [0.1, 0.15) is 0 Å². The molecule has 0 spiro atoms. The van der Waals surface area contributed by atoms with Crippen molar-refractivity contribution < 1.29 is 4.79 Å². The molecule has 1 N–H and O–H groups in total. The molecule has 0 bridgehead atoms. The number of nitrogens with zero attached hydrogens (tertiary/aromatic N) is 1. The van der Waals surface area contributed by atoms with E-state index in [1.807, 2.05) is 19.1 Å². The van der Waals surface area contributed by atoms with Gasteiger partial charge in [-0.2, -0.15) is 0 Å². The lowest BCUT2D eigenvalue weighted by atomic mass is 10.1. The van der Waals surface area contributed by atoms with E-state index in [0.29, 0.717) is 12.3 Å². The Bertz CT molecular complexity index is 322. The van der Waals surface area contributed by atoms with Crippen LogP contribution in [-0.2, 0) is 4.79 Å². The minimum absolute atomic E-state index is 0.0355. The molecule has 0 saturated heterocycles. The molecular weight excluding hydrogens is 200 g/mol. The first kappa shape index (κ1) is 12.7. The highest BCUT2D eigenvalue weighted by atomic mass is 16.1. The highest BCUT2D eigenvalue weighted by Gasteiger charge is 2.09. The maximum absolute atomic E-state index is 11.6. The van der Waals surface area contributed by atoms with Gasteiger partial charge in [-0.3, -0.25) is 9.78 Å². The van der Waals surface area contributed by atoms with Crippen LogP contribution in [-0.4, -0.2) is 10.9 Å². The fourth-order valence-electron chi connectivity index (χ4n) is 1.45. The van der Waals surface area contributed by atoms with Gasteiger partial charge in [0.15, 0.2) is 0 Å². The van der Waals surface area contributed by atoms with E-state index >= 15 is 0 Å². The van der Waals surface area contributed by atoms with Gasteiger partial charge in [-0.15, -0.1) is 0 Å². The number of pyridine rings is 1. The Morgan fingerprint density at radius 1 is 1.44 bits per heavy atom. The molecule has 0 aliphatic rings.